The molecule has 4 nitrogen and oxygen atoms in total. The summed E-state index contributed by atoms with van der Waals surface area (Å²) in [5.41, 5.74) is 0.590. The molecule has 17 heavy (non-hydrogen) atoms. The molecule has 1 aliphatic rings. The largest absolute Gasteiger partial charge is 0.377 e. The average Bonchev–Trinajstić information content (AvgIpc) is 3.04. The molecular weight excluding hydrogens is 240 g/mol. The van der Waals surface area contributed by atoms with Gasteiger partial charge < -0.3 is 5.32 Å². The van der Waals surface area contributed by atoms with Crippen molar-refractivity contribution in [2.45, 2.75) is 32.2 Å². The van der Waals surface area contributed by atoms with Crippen molar-refractivity contribution >= 4 is 23.0 Å². The fraction of sp³-hybridized carbons (Fsp3) is 0.500. The van der Waals surface area contributed by atoms with Gasteiger partial charge in [-0.3, -0.25) is 10.1 Å². The van der Waals surface area contributed by atoms with Crippen molar-refractivity contribution in [1.29, 1.82) is 0 Å². The Kier molecular flexibility index (Phi) is 3.52. The van der Waals surface area contributed by atoms with Gasteiger partial charge >= 0.3 is 0 Å². The molecule has 92 valence electrons. The highest BCUT2D eigenvalue weighted by atomic mass is 35.5. The fourth-order valence-corrected chi connectivity index (χ4v) is 2.12. The van der Waals surface area contributed by atoms with E-state index in [2.05, 4.69) is 12.2 Å². The molecule has 1 saturated carbocycles. The van der Waals surface area contributed by atoms with Crippen molar-refractivity contribution in [3.05, 3.63) is 33.3 Å². The van der Waals surface area contributed by atoms with E-state index in [4.69, 9.17) is 11.6 Å². The second-order valence-electron chi connectivity index (χ2n) is 4.64. The molecular formula is C12H15ClN2O2. The molecule has 1 atom stereocenters. The fourth-order valence-electron chi connectivity index (χ4n) is 1.96. The maximum atomic E-state index is 10.9. The number of nitro groups is 1. The first-order chi connectivity index (χ1) is 8.06. The summed E-state index contributed by atoms with van der Waals surface area (Å²) in [4.78, 5) is 10.5. The van der Waals surface area contributed by atoms with Crippen LogP contribution in [0.1, 0.15) is 26.2 Å². The van der Waals surface area contributed by atoms with Gasteiger partial charge in [0.2, 0.25) is 0 Å². The third-order valence-corrected chi connectivity index (χ3v) is 3.18. The van der Waals surface area contributed by atoms with Crippen molar-refractivity contribution in [1.82, 2.24) is 0 Å². The van der Waals surface area contributed by atoms with Crippen LogP contribution in [0.25, 0.3) is 0 Å². The van der Waals surface area contributed by atoms with Crippen LogP contribution in [0, 0.1) is 16.0 Å². The third kappa shape index (κ3) is 3.33. The van der Waals surface area contributed by atoms with Gasteiger partial charge in [-0.05, 0) is 31.4 Å². The Hall–Kier alpha value is -1.29. The molecule has 1 aromatic carbocycles. The predicted molar refractivity (Wildman–Crippen MR) is 68.5 cm³/mol. The van der Waals surface area contributed by atoms with Crippen molar-refractivity contribution in [3.63, 3.8) is 0 Å². The lowest BCUT2D eigenvalue weighted by Crippen LogP contribution is -2.16. The van der Waals surface area contributed by atoms with Gasteiger partial charge in [0.25, 0.3) is 5.69 Å². The Bertz CT molecular complexity index is 433. The van der Waals surface area contributed by atoms with Crippen molar-refractivity contribution in [2.75, 3.05) is 5.32 Å². The van der Waals surface area contributed by atoms with E-state index in [0.29, 0.717) is 10.7 Å². The topological polar surface area (TPSA) is 55.2 Å². The highest BCUT2D eigenvalue weighted by molar-refractivity contribution is 6.30. The van der Waals surface area contributed by atoms with Crippen LogP contribution >= 0.6 is 11.6 Å². The van der Waals surface area contributed by atoms with E-state index in [-0.39, 0.29) is 11.7 Å². The van der Waals surface area contributed by atoms with Crippen molar-refractivity contribution in [2.24, 2.45) is 5.92 Å². The highest BCUT2D eigenvalue weighted by Crippen LogP contribution is 2.35. The maximum Gasteiger partial charge on any atom is 0.293 e. The van der Waals surface area contributed by atoms with E-state index >= 15 is 0 Å². The minimum absolute atomic E-state index is 0.0418. The second-order valence-corrected chi connectivity index (χ2v) is 5.08. The quantitative estimate of drug-likeness (QED) is 0.641. The Labute approximate surface area is 105 Å². The van der Waals surface area contributed by atoms with Gasteiger partial charge in [0.1, 0.15) is 5.69 Å². The van der Waals surface area contributed by atoms with Gasteiger partial charge in [-0.15, -0.1) is 0 Å². The normalized spacial score (nSPS) is 16.6. The maximum absolute atomic E-state index is 10.9. The lowest BCUT2D eigenvalue weighted by molar-refractivity contribution is -0.384. The predicted octanol–water partition coefficient (Wildman–Crippen LogP) is 3.85. The van der Waals surface area contributed by atoms with Crippen molar-refractivity contribution in [3.8, 4) is 0 Å². The molecule has 1 fully saturated rings. The van der Waals surface area contributed by atoms with Crippen LogP contribution in [0.5, 0.6) is 0 Å². The molecule has 1 aromatic rings. The molecule has 0 aromatic heterocycles. The summed E-state index contributed by atoms with van der Waals surface area (Å²) in [6.07, 6.45) is 3.64. The number of benzene rings is 1. The molecule has 0 saturated heterocycles. The zero-order valence-electron chi connectivity index (χ0n) is 9.65. The summed E-state index contributed by atoms with van der Waals surface area (Å²) in [5, 5.41) is 14.5. The van der Waals surface area contributed by atoms with Crippen LogP contribution in [-0.2, 0) is 0 Å². The van der Waals surface area contributed by atoms with E-state index in [1.54, 1.807) is 12.1 Å². The first-order valence-corrected chi connectivity index (χ1v) is 6.14. The number of nitrogens with zero attached hydrogens (tertiary/aromatic N) is 1. The SMILES string of the molecule is CC(CC1CC1)Nc1ccc(Cl)cc1[N+](=O)[O-]. The number of halogens is 1. The first-order valence-electron chi connectivity index (χ1n) is 5.76. The summed E-state index contributed by atoms with van der Waals surface area (Å²) >= 11 is 5.76. The summed E-state index contributed by atoms with van der Waals surface area (Å²) in [7, 11) is 0. The minimum atomic E-state index is -0.405. The molecule has 0 heterocycles. The zero-order chi connectivity index (χ0) is 12.4. The molecule has 5 heteroatoms. The third-order valence-electron chi connectivity index (χ3n) is 2.94. The molecule has 1 N–H and O–H groups in total. The van der Waals surface area contributed by atoms with E-state index in [0.717, 1.165) is 12.3 Å². The van der Waals surface area contributed by atoms with E-state index < -0.39 is 4.92 Å². The van der Waals surface area contributed by atoms with Crippen LogP contribution < -0.4 is 5.32 Å². The monoisotopic (exact) mass is 254 g/mol. The molecule has 1 unspecified atom stereocenters. The van der Waals surface area contributed by atoms with Crippen LogP contribution in [0.15, 0.2) is 18.2 Å². The van der Waals surface area contributed by atoms with Crippen LogP contribution in [0.3, 0.4) is 0 Å². The Balaban J connectivity index is 2.10. The van der Waals surface area contributed by atoms with E-state index in [1.807, 2.05) is 0 Å². The van der Waals surface area contributed by atoms with E-state index in [9.17, 15) is 10.1 Å². The van der Waals surface area contributed by atoms with Gasteiger partial charge in [-0.25, -0.2) is 0 Å². The van der Waals surface area contributed by atoms with E-state index in [1.165, 1.54) is 18.9 Å². The van der Waals surface area contributed by atoms with Crippen LogP contribution in [-0.4, -0.2) is 11.0 Å². The number of anilines is 1. The standard InChI is InChI=1S/C12H15ClN2O2/c1-8(6-9-2-3-9)14-11-5-4-10(13)7-12(11)15(16)17/h4-5,7-9,14H,2-3,6H2,1H3. The molecule has 0 amide bonds. The zero-order valence-corrected chi connectivity index (χ0v) is 10.4. The molecule has 1 aliphatic carbocycles. The summed E-state index contributed by atoms with van der Waals surface area (Å²) in [5.74, 6) is 0.795. The van der Waals surface area contributed by atoms with Crippen LogP contribution in [0.4, 0.5) is 11.4 Å². The van der Waals surface area contributed by atoms with Gasteiger partial charge in [0.05, 0.1) is 4.92 Å². The summed E-state index contributed by atoms with van der Waals surface area (Å²) in [6.45, 7) is 2.05. The molecule has 0 aliphatic heterocycles. The van der Waals surface area contributed by atoms with Gasteiger partial charge in [0.15, 0.2) is 0 Å². The summed E-state index contributed by atoms with van der Waals surface area (Å²) in [6, 6.07) is 4.97. The van der Waals surface area contributed by atoms with Gasteiger partial charge in [0, 0.05) is 17.1 Å². The second kappa shape index (κ2) is 4.92. The Morgan fingerprint density at radius 1 is 1.59 bits per heavy atom. The molecule has 0 radical (unpaired) electrons. The number of hydrogen-bond donors (Lipinski definition) is 1. The minimum Gasteiger partial charge on any atom is -0.377 e. The number of nitrogens with one attached hydrogen (secondary N) is 1. The Morgan fingerprint density at radius 3 is 2.88 bits per heavy atom. The average molecular weight is 255 g/mol. The lowest BCUT2D eigenvalue weighted by Gasteiger charge is -2.14. The smallest absolute Gasteiger partial charge is 0.293 e. The Morgan fingerprint density at radius 2 is 2.29 bits per heavy atom. The number of hydrogen-bond acceptors (Lipinski definition) is 3. The highest BCUT2D eigenvalue weighted by Gasteiger charge is 2.24. The number of rotatable bonds is 5. The van der Waals surface area contributed by atoms with Gasteiger partial charge in [-0.2, -0.15) is 0 Å². The number of nitro benzene ring substituents is 1. The van der Waals surface area contributed by atoms with Gasteiger partial charge in [-0.1, -0.05) is 24.4 Å². The van der Waals surface area contributed by atoms with Crippen molar-refractivity contribution < 1.29 is 4.92 Å². The molecule has 2 rings (SSSR count). The summed E-state index contributed by atoms with van der Waals surface area (Å²) < 4.78 is 0. The molecule has 0 spiro atoms. The first kappa shape index (κ1) is 12.2. The molecule has 0 bridgehead atoms. The lowest BCUT2D eigenvalue weighted by atomic mass is 10.1. The van der Waals surface area contributed by atoms with Crippen LogP contribution in [0.2, 0.25) is 5.02 Å².